The molecule has 0 spiro atoms. The van der Waals surface area contributed by atoms with Gasteiger partial charge in [0.15, 0.2) is 0 Å². The van der Waals surface area contributed by atoms with E-state index in [0.29, 0.717) is 11.9 Å². The van der Waals surface area contributed by atoms with Crippen molar-refractivity contribution in [2.45, 2.75) is 18.9 Å². The predicted octanol–water partition coefficient (Wildman–Crippen LogP) is 1.69. The number of carbonyl (C=O) groups excluding carboxylic acids is 1. The van der Waals surface area contributed by atoms with Crippen molar-refractivity contribution in [3.8, 4) is 10.7 Å². The van der Waals surface area contributed by atoms with Gasteiger partial charge >= 0.3 is 11.8 Å². The third kappa shape index (κ3) is 1.83. The van der Waals surface area contributed by atoms with Crippen molar-refractivity contribution in [2.75, 3.05) is 0 Å². The van der Waals surface area contributed by atoms with Crippen molar-refractivity contribution in [3.05, 3.63) is 23.4 Å². The van der Waals surface area contributed by atoms with E-state index in [2.05, 4.69) is 15.5 Å². The first kappa shape index (κ1) is 9.53. The van der Waals surface area contributed by atoms with Gasteiger partial charge in [0.1, 0.15) is 0 Å². The monoisotopic (exact) mass is 235 g/mol. The summed E-state index contributed by atoms with van der Waals surface area (Å²) < 4.78 is 4.91. The molecule has 1 N–H and O–H groups in total. The minimum absolute atomic E-state index is 0.0373. The molecule has 1 aliphatic rings. The molecule has 0 aromatic carbocycles. The summed E-state index contributed by atoms with van der Waals surface area (Å²) in [5.41, 5.74) is 0. The molecule has 16 heavy (non-hydrogen) atoms. The topological polar surface area (TPSA) is 68.0 Å². The highest BCUT2D eigenvalue weighted by Crippen LogP contribution is 2.22. The molecule has 2 aromatic rings. The molecule has 3 rings (SSSR count). The van der Waals surface area contributed by atoms with E-state index in [9.17, 15) is 4.79 Å². The standard InChI is InChI=1S/C10H9N3O2S/c14-9(11-6-3-4-6)10-12-8(13-15-10)7-2-1-5-16-7/h1-2,5-6H,3-4H2,(H,11,14). The molecule has 6 heteroatoms. The van der Waals surface area contributed by atoms with E-state index in [4.69, 9.17) is 4.52 Å². The molecular weight excluding hydrogens is 226 g/mol. The van der Waals surface area contributed by atoms with Crippen molar-refractivity contribution < 1.29 is 9.32 Å². The number of nitrogens with one attached hydrogen (secondary N) is 1. The molecule has 1 saturated carbocycles. The van der Waals surface area contributed by atoms with Gasteiger partial charge in [0.25, 0.3) is 0 Å². The Morgan fingerprint density at radius 2 is 2.44 bits per heavy atom. The maximum absolute atomic E-state index is 11.6. The van der Waals surface area contributed by atoms with Crippen LogP contribution in [0, 0.1) is 0 Å². The number of hydrogen-bond donors (Lipinski definition) is 1. The molecular formula is C10H9N3O2S. The second kappa shape index (κ2) is 3.71. The molecule has 2 aromatic heterocycles. The lowest BCUT2D eigenvalue weighted by atomic mass is 10.4. The van der Waals surface area contributed by atoms with Gasteiger partial charge in [-0.25, -0.2) is 0 Å². The lowest BCUT2D eigenvalue weighted by molar-refractivity contribution is 0.0907. The van der Waals surface area contributed by atoms with E-state index in [0.717, 1.165) is 17.7 Å². The number of aromatic nitrogens is 2. The first-order valence-electron chi connectivity index (χ1n) is 5.01. The quantitative estimate of drug-likeness (QED) is 0.879. The molecule has 0 unspecified atom stereocenters. The van der Waals surface area contributed by atoms with Crippen LogP contribution < -0.4 is 5.32 Å². The Kier molecular flexibility index (Phi) is 2.21. The highest BCUT2D eigenvalue weighted by Gasteiger charge is 2.26. The molecule has 82 valence electrons. The number of amides is 1. The van der Waals surface area contributed by atoms with Gasteiger partial charge in [-0.2, -0.15) is 4.98 Å². The first-order chi connectivity index (χ1) is 7.83. The van der Waals surface area contributed by atoms with Crippen LogP contribution in [0.5, 0.6) is 0 Å². The Labute approximate surface area is 95.5 Å². The summed E-state index contributed by atoms with van der Waals surface area (Å²) in [6.45, 7) is 0. The highest BCUT2D eigenvalue weighted by molar-refractivity contribution is 7.13. The largest absolute Gasteiger partial charge is 0.345 e. The zero-order valence-corrected chi connectivity index (χ0v) is 9.16. The van der Waals surface area contributed by atoms with Crippen LogP contribution in [0.4, 0.5) is 0 Å². The van der Waals surface area contributed by atoms with Gasteiger partial charge in [0, 0.05) is 6.04 Å². The molecule has 0 radical (unpaired) electrons. The fraction of sp³-hybridized carbons (Fsp3) is 0.300. The molecule has 0 saturated heterocycles. The van der Waals surface area contributed by atoms with E-state index >= 15 is 0 Å². The fourth-order valence-electron chi connectivity index (χ4n) is 1.30. The Morgan fingerprint density at radius 3 is 3.12 bits per heavy atom. The maximum atomic E-state index is 11.6. The van der Waals surface area contributed by atoms with E-state index in [1.165, 1.54) is 11.3 Å². The Morgan fingerprint density at radius 1 is 1.56 bits per heavy atom. The summed E-state index contributed by atoms with van der Waals surface area (Å²) in [6.07, 6.45) is 2.08. The van der Waals surface area contributed by atoms with Crippen LogP contribution in [0.2, 0.25) is 0 Å². The van der Waals surface area contributed by atoms with Gasteiger partial charge in [-0.1, -0.05) is 11.2 Å². The second-order valence-electron chi connectivity index (χ2n) is 3.65. The van der Waals surface area contributed by atoms with Crippen molar-refractivity contribution in [1.82, 2.24) is 15.5 Å². The molecule has 0 aliphatic heterocycles. The van der Waals surface area contributed by atoms with Gasteiger partial charge < -0.3 is 9.84 Å². The van der Waals surface area contributed by atoms with Crippen LogP contribution in [0.1, 0.15) is 23.5 Å². The summed E-state index contributed by atoms with van der Waals surface area (Å²) >= 11 is 1.51. The Balaban J connectivity index is 1.79. The summed E-state index contributed by atoms with van der Waals surface area (Å²) in [5, 5.41) is 8.49. The average Bonchev–Trinajstić information content (AvgIpc) is 2.84. The molecule has 1 fully saturated rings. The van der Waals surface area contributed by atoms with Crippen molar-refractivity contribution >= 4 is 17.2 Å². The zero-order valence-electron chi connectivity index (χ0n) is 8.34. The zero-order chi connectivity index (χ0) is 11.0. The van der Waals surface area contributed by atoms with E-state index in [1.807, 2.05) is 17.5 Å². The first-order valence-corrected chi connectivity index (χ1v) is 5.89. The van der Waals surface area contributed by atoms with Crippen LogP contribution in [0.3, 0.4) is 0 Å². The van der Waals surface area contributed by atoms with Gasteiger partial charge in [-0.05, 0) is 24.3 Å². The lowest BCUT2D eigenvalue weighted by Gasteiger charge is -1.95. The molecule has 0 bridgehead atoms. The van der Waals surface area contributed by atoms with Crippen LogP contribution in [-0.2, 0) is 0 Å². The number of thiophene rings is 1. The molecule has 5 nitrogen and oxygen atoms in total. The van der Waals surface area contributed by atoms with Crippen molar-refractivity contribution in [2.24, 2.45) is 0 Å². The summed E-state index contributed by atoms with van der Waals surface area (Å²) in [4.78, 5) is 16.5. The summed E-state index contributed by atoms with van der Waals surface area (Å²) in [5.74, 6) is 0.226. The summed E-state index contributed by atoms with van der Waals surface area (Å²) in [7, 11) is 0. The molecule has 1 amide bonds. The smallest absolute Gasteiger partial charge is 0.316 e. The van der Waals surface area contributed by atoms with Gasteiger partial charge in [-0.3, -0.25) is 4.79 Å². The lowest BCUT2D eigenvalue weighted by Crippen LogP contribution is -2.25. The van der Waals surface area contributed by atoms with Crippen LogP contribution in [-0.4, -0.2) is 22.1 Å². The van der Waals surface area contributed by atoms with Crippen molar-refractivity contribution in [1.29, 1.82) is 0 Å². The molecule has 2 heterocycles. The highest BCUT2D eigenvalue weighted by atomic mass is 32.1. The summed E-state index contributed by atoms with van der Waals surface area (Å²) in [6, 6.07) is 4.09. The van der Waals surface area contributed by atoms with E-state index < -0.39 is 0 Å². The van der Waals surface area contributed by atoms with Crippen LogP contribution >= 0.6 is 11.3 Å². The maximum Gasteiger partial charge on any atom is 0.316 e. The minimum atomic E-state index is -0.280. The number of nitrogens with zero attached hydrogens (tertiary/aromatic N) is 2. The second-order valence-corrected chi connectivity index (χ2v) is 4.60. The van der Waals surface area contributed by atoms with Gasteiger partial charge in [-0.15, -0.1) is 11.3 Å². The third-order valence-electron chi connectivity index (χ3n) is 2.27. The van der Waals surface area contributed by atoms with Crippen LogP contribution in [0.25, 0.3) is 10.7 Å². The van der Waals surface area contributed by atoms with E-state index in [-0.39, 0.29) is 11.8 Å². The normalized spacial score (nSPS) is 15.0. The van der Waals surface area contributed by atoms with Gasteiger partial charge in [0.05, 0.1) is 4.88 Å². The number of carbonyl (C=O) groups is 1. The number of hydrogen-bond acceptors (Lipinski definition) is 5. The Bertz CT molecular complexity index is 502. The SMILES string of the molecule is O=C(NC1CC1)c1nc(-c2cccs2)no1. The fourth-order valence-corrected chi connectivity index (χ4v) is 1.95. The minimum Gasteiger partial charge on any atom is -0.345 e. The number of rotatable bonds is 3. The third-order valence-corrected chi connectivity index (χ3v) is 3.14. The van der Waals surface area contributed by atoms with E-state index in [1.54, 1.807) is 0 Å². The Hall–Kier alpha value is -1.69. The molecule has 1 aliphatic carbocycles. The predicted molar refractivity (Wildman–Crippen MR) is 58.1 cm³/mol. The average molecular weight is 235 g/mol. The molecule has 0 atom stereocenters. The van der Waals surface area contributed by atoms with Gasteiger partial charge in [0.2, 0.25) is 5.82 Å². The van der Waals surface area contributed by atoms with Crippen LogP contribution in [0.15, 0.2) is 22.0 Å². The van der Waals surface area contributed by atoms with Crippen molar-refractivity contribution in [3.63, 3.8) is 0 Å².